The number of benzene rings is 1. The van der Waals surface area contributed by atoms with Crippen LogP contribution in [0.5, 0.6) is 5.75 Å². The maximum Gasteiger partial charge on any atom is 0.257 e. The summed E-state index contributed by atoms with van der Waals surface area (Å²) in [6.07, 6.45) is 2.11. The molecule has 0 atom stereocenters. The summed E-state index contributed by atoms with van der Waals surface area (Å²) in [4.78, 5) is 17.0. The summed E-state index contributed by atoms with van der Waals surface area (Å²) in [5, 5.41) is 0.578. The molecule has 1 aliphatic rings. The predicted octanol–water partition coefficient (Wildman–Crippen LogP) is 3.54. The van der Waals surface area contributed by atoms with Gasteiger partial charge in [0.25, 0.3) is 5.91 Å². The van der Waals surface area contributed by atoms with E-state index in [1.54, 1.807) is 25.3 Å². The first-order valence-electron chi connectivity index (χ1n) is 8.25. The van der Waals surface area contributed by atoms with E-state index in [1.165, 1.54) is 0 Å². The van der Waals surface area contributed by atoms with Crippen molar-refractivity contribution >= 4 is 17.5 Å². The van der Waals surface area contributed by atoms with E-state index in [9.17, 15) is 4.79 Å². The second kappa shape index (κ2) is 8.02. The summed E-state index contributed by atoms with van der Waals surface area (Å²) >= 11 is 5.97. The third kappa shape index (κ3) is 4.61. The molecular weight excluding hydrogens is 312 g/mol. The SMILES string of the molecule is COc1cc(Cl)ccc1C(=O)N1CCC(CN(C)C(C)C)CC1. The number of ether oxygens (including phenoxy) is 1. The van der Waals surface area contributed by atoms with Crippen LogP contribution in [0.2, 0.25) is 5.02 Å². The predicted molar refractivity (Wildman–Crippen MR) is 94.4 cm³/mol. The van der Waals surface area contributed by atoms with Crippen molar-refractivity contribution in [3.05, 3.63) is 28.8 Å². The Hall–Kier alpha value is -1.26. The number of carbonyl (C=O) groups is 1. The van der Waals surface area contributed by atoms with Gasteiger partial charge in [0.1, 0.15) is 5.75 Å². The number of rotatable bonds is 5. The fourth-order valence-electron chi connectivity index (χ4n) is 2.95. The largest absolute Gasteiger partial charge is 0.496 e. The van der Waals surface area contributed by atoms with E-state index in [4.69, 9.17) is 16.3 Å². The smallest absolute Gasteiger partial charge is 0.257 e. The van der Waals surface area contributed by atoms with E-state index in [-0.39, 0.29) is 5.91 Å². The van der Waals surface area contributed by atoms with Crippen molar-refractivity contribution in [2.24, 2.45) is 5.92 Å². The Bertz CT molecular complexity index is 540. The minimum atomic E-state index is 0.0363. The third-order valence-electron chi connectivity index (χ3n) is 4.72. The summed E-state index contributed by atoms with van der Waals surface area (Å²) in [5.41, 5.74) is 0.592. The van der Waals surface area contributed by atoms with Crippen molar-refractivity contribution in [1.82, 2.24) is 9.80 Å². The van der Waals surface area contributed by atoms with Gasteiger partial charge in [-0.25, -0.2) is 0 Å². The number of piperidine rings is 1. The zero-order chi connectivity index (χ0) is 17.0. The van der Waals surface area contributed by atoms with E-state index in [0.29, 0.717) is 28.3 Å². The average molecular weight is 339 g/mol. The van der Waals surface area contributed by atoms with E-state index >= 15 is 0 Å². The highest BCUT2D eigenvalue weighted by atomic mass is 35.5. The molecule has 1 fully saturated rings. The van der Waals surface area contributed by atoms with Crippen LogP contribution < -0.4 is 4.74 Å². The van der Waals surface area contributed by atoms with E-state index in [2.05, 4.69) is 25.8 Å². The molecule has 0 unspecified atom stereocenters. The molecule has 23 heavy (non-hydrogen) atoms. The zero-order valence-corrected chi connectivity index (χ0v) is 15.3. The number of hydrogen-bond donors (Lipinski definition) is 0. The highest BCUT2D eigenvalue weighted by Crippen LogP contribution is 2.26. The van der Waals surface area contributed by atoms with Crippen molar-refractivity contribution in [3.63, 3.8) is 0 Å². The molecule has 5 heteroatoms. The summed E-state index contributed by atoms with van der Waals surface area (Å²) in [5.74, 6) is 1.25. The third-order valence-corrected chi connectivity index (χ3v) is 4.96. The first kappa shape index (κ1) is 18.1. The minimum absolute atomic E-state index is 0.0363. The molecule has 0 bridgehead atoms. The van der Waals surface area contributed by atoms with Crippen LogP contribution in [0.25, 0.3) is 0 Å². The Balaban J connectivity index is 1.96. The van der Waals surface area contributed by atoms with Gasteiger partial charge in [-0.1, -0.05) is 11.6 Å². The van der Waals surface area contributed by atoms with E-state index in [0.717, 1.165) is 32.5 Å². The lowest BCUT2D eigenvalue weighted by atomic mass is 9.95. The molecule has 1 amide bonds. The monoisotopic (exact) mass is 338 g/mol. The van der Waals surface area contributed by atoms with Crippen LogP contribution >= 0.6 is 11.6 Å². The number of hydrogen-bond acceptors (Lipinski definition) is 3. The number of halogens is 1. The highest BCUT2D eigenvalue weighted by molar-refractivity contribution is 6.30. The molecule has 0 radical (unpaired) electrons. The van der Waals surface area contributed by atoms with Crippen molar-refractivity contribution < 1.29 is 9.53 Å². The van der Waals surface area contributed by atoms with Gasteiger partial charge in [0.15, 0.2) is 0 Å². The van der Waals surface area contributed by atoms with Crippen molar-refractivity contribution in [2.45, 2.75) is 32.7 Å². The van der Waals surface area contributed by atoms with Gasteiger partial charge < -0.3 is 14.5 Å². The van der Waals surface area contributed by atoms with E-state index in [1.807, 2.05) is 4.90 Å². The van der Waals surface area contributed by atoms with Gasteiger partial charge >= 0.3 is 0 Å². The molecule has 0 aromatic heterocycles. The molecule has 1 aliphatic heterocycles. The molecule has 4 nitrogen and oxygen atoms in total. The van der Waals surface area contributed by atoms with Gasteiger partial charge in [-0.05, 0) is 57.9 Å². The zero-order valence-electron chi connectivity index (χ0n) is 14.5. The quantitative estimate of drug-likeness (QED) is 0.823. The topological polar surface area (TPSA) is 32.8 Å². The second-order valence-corrected chi connectivity index (χ2v) is 7.05. The van der Waals surface area contributed by atoms with Crippen molar-refractivity contribution in [3.8, 4) is 5.75 Å². The standard InChI is InChI=1S/C18H27ClN2O2/c1-13(2)20(3)12-14-7-9-21(10-8-14)18(22)16-6-5-15(19)11-17(16)23-4/h5-6,11,13-14H,7-10,12H2,1-4H3. The van der Waals surface area contributed by atoms with Crippen LogP contribution in [-0.4, -0.2) is 55.5 Å². The van der Waals surface area contributed by atoms with Gasteiger partial charge in [-0.15, -0.1) is 0 Å². The van der Waals surface area contributed by atoms with Gasteiger partial charge in [-0.3, -0.25) is 4.79 Å². The molecule has 1 aromatic rings. The molecule has 128 valence electrons. The first-order chi connectivity index (χ1) is 10.9. The summed E-state index contributed by atoms with van der Waals surface area (Å²) in [6.45, 7) is 7.14. The molecule has 0 N–H and O–H groups in total. The Morgan fingerprint density at radius 2 is 2.04 bits per heavy atom. The normalized spacial score (nSPS) is 16.2. The molecule has 2 rings (SSSR count). The molecule has 1 aromatic carbocycles. The summed E-state index contributed by atoms with van der Waals surface area (Å²) < 4.78 is 5.30. The van der Waals surface area contributed by atoms with Crippen LogP contribution in [0.3, 0.4) is 0 Å². The van der Waals surface area contributed by atoms with Crippen molar-refractivity contribution in [2.75, 3.05) is 33.8 Å². The molecule has 1 saturated heterocycles. The maximum absolute atomic E-state index is 12.7. The second-order valence-electron chi connectivity index (χ2n) is 6.61. The average Bonchev–Trinajstić information content (AvgIpc) is 2.54. The maximum atomic E-state index is 12.7. The highest BCUT2D eigenvalue weighted by Gasteiger charge is 2.26. The Labute approximate surface area is 144 Å². The molecule has 1 heterocycles. The molecular formula is C18H27ClN2O2. The Kier molecular flexibility index (Phi) is 6.31. The number of methoxy groups -OCH3 is 1. The molecule has 0 spiro atoms. The van der Waals surface area contributed by atoms with Crippen LogP contribution in [0.15, 0.2) is 18.2 Å². The number of amides is 1. The van der Waals surface area contributed by atoms with Crippen LogP contribution in [0.1, 0.15) is 37.0 Å². The lowest BCUT2D eigenvalue weighted by Gasteiger charge is -2.35. The van der Waals surface area contributed by atoms with E-state index < -0.39 is 0 Å². The van der Waals surface area contributed by atoms with Gasteiger partial charge in [0.05, 0.1) is 12.7 Å². The Morgan fingerprint density at radius 3 is 2.61 bits per heavy atom. The minimum Gasteiger partial charge on any atom is -0.496 e. The lowest BCUT2D eigenvalue weighted by Crippen LogP contribution is -2.42. The number of likely N-dealkylation sites (tertiary alicyclic amines) is 1. The van der Waals surface area contributed by atoms with Crippen LogP contribution in [0.4, 0.5) is 0 Å². The molecule has 0 aliphatic carbocycles. The van der Waals surface area contributed by atoms with Gasteiger partial charge in [0.2, 0.25) is 0 Å². The van der Waals surface area contributed by atoms with Gasteiger partial charge in [0, 0.05) is 30.7 Å². The van der Waals surface area contributed by atoms with Crippen LogP contribution in [0, 0.1) is 5.92 Å². The summed E-state index contributed by atoms with van der Waals surface area (Å²) in [6, 6.07) is 5.75. The Morgan fingerprint density at radius 1 is 1.39 bits per heavy atom. The molecule has 0 saturated carbocycles. The number of carbonyl (C=O) groups excluding carboxylic acids is 1. The fraction of sp³-hybridized carbons (Fsp3) is 0.611. The number of nitrogens with zero attached hydrogens (tertiary/aromatic N) is 2. The van der Waals surface area contributed by atoms with Crippen LogP contribution in [-0.2, 0) is 0 Å². The van der Waals surface area contributed by atoms with Gasteiger partial charge in [-0.2, -0.15) is 0 Å². The first-order valence-corrected chi connectivity index (χ1v) is 8.63. The summed E-state index contributed by atoms with van der Waals surface area (Å²) in [7, 11) is 3.73. The van der Waals surface area contributed by atoms with Crippen molar-refractivity contribution in [1.29, 1.82) is 0 Å². The fourth-order valence-corrected chi connectivity index (χ4v) is 3.11. The lowest BCUT2D eigenvalue weighted by molar-refractivity contribution is 0.0663.